The van der Waals surface area contributed by atoms with Crippen LogP contribution in [0.2, 0.25) is 0 Å². The quantitative estimate of drug-likeness (QED) is 0.0263. The van der Waals surface area contributed by atoms with E-state index in [9.17, 15) is 52.8 Å². The number of nitrogens with zero attached hydrogens (tertiary/aromatic N) is 9. The summed E-state index contributed by atoms with van der Waals surface area (Å²) in [5.41, 5.74) is -0.532. The SMILES string of the molecule is CN(CCOc1ccc(N=Nc2cccc(F)c2)cc1C(=O)Oc1cc(OC(=O)c2cc(N=Nc3cccc(F)c3)ccc2OCCN(C)S(C)(=O)=O)cc(OC(=O)c2cc(N=Nc3cccc(F)c3)ccc2OCCN(C)S(C)(=O)=O)c1)S(C)(=O)=O. The Bertz CT molecular complexity index is 3710. The molecule has 7 rings (SSSR count). The van der Waals surface area contributed by atoms with E-state index >= 15 is 0 Å². The van der Waals surface area contributed by atoms with Gasteiger partial charge >= 0.3 is 17.9 Å². The normalized spacial score (nSPS) is 12.1. The molecule has 0 fully saturated rings. The Labute approximate surface area is 498 Å². The van der Waals surface area contributed by atoms with Crippen molar-refractivity contribution in [1.82, 2.24) is 12.9 Å². The largest absolute Gasteiger partial charge is 0.491 e. The Morgan fingerprint density at radius 2 is 0.609 bits per heavy atom. The number of sulfonamides is 3. The highest BCUT2D eigenvalue weighted by Gasteiger charge is 2.24. The van der Waals surface area contributed by atoms with E-state index in [2.05, 4.69) is 30.7 Å². The zero-order valence-electron chi connectivity index (χ0n) is 47.1. The summed E-state index contributed by atoms with van der Waals surface area (Å²) in [7, 11) is -7.03. The van der Waals surface area contributed by atoms with Gasteiger partial charge in [-0.15, -0.1) is 0 Å². The molecule has 0 heterocycles. The highest BCUT2D eigenvalue weighted by atomic mass is 32.2. The number of hydrogen-bond donors (Lipinski definition) is 0. The van der Waals surface area contributed by atoms with Crippen molar-refractivity contribution in [1.29, 1.82) is 0 Å². The average molecular weight is 1260 g/mol. The fourth-order valence-corrected chi connectivity index (χ4v) is 8.33. The van der Waals surface area contributed by atoms with Crippen LogP contribution in [0, 0.1) is 17.5 Å². The zero-order chi connectivity index (χ0) is 63.1. The van der Waals surface area contributed by atoms with Gasteiger partial charge in [0, 0.05) is 77.2 Å². The molecule has 0 aromatic heterocycles. The summed E-state index contributed by atoms with van der Waals surface area (Å²) in [6, 6.07) is 30.5. The molecule has 0 saturated heterocycles. The maximum atomic E-state index is 14.5. The molecule has 0 bridgehead atoms. The smallest absolute Gasteiger partial charge is 0.347 e. The van der Waals surface area contributed by atoms with E-state index in [1.165, 1.54) is 130 Å². The van der Waals surface area contributed by atoms with Gasteiger partial charge in [0.25, 0.3) is 0 Å². The lowest BCUT2D eigenvalue weighted by atomic mass is 10.1. The first-order chi connectivity index (χ1) is 41.2. The lowest BCUT2D eigenvalue weighted by molar-refractivity contribution is 0.0726. The molecule has 0 unspecified atom stereocenters. The molecule has 0 amide bonds. The molecular weight excluding hydrogens is 1200 g/mol. The number of benzene rings is 7. The number of halogens is 3. The fraction of sp³-hybridized carbons (Fsp3) is 0.211. The predicted molar refractivity (Wildman–Crippen MR) is 311 cm³/mol. The van der Waals surface area contributed by atoms with E-state index in [1.807, 2.05) is 0 Å². The van der Waals surface area contributed by atoms with Gasteiger partial charge in [-0.1, -0.05) is 18.2 Å². The Morgan fingerprint density at radius 3 is 0.839 bits per heavy atom. The van der Waals surface area contributed by atoms with Crippen LogP contribution in [0.15, 0.2) is 176 Å². The van der Waals surface area contributed by atoms with E-state index in [1.54, 1.807) is 0 Å². The summed E-state index contributed by atoms with van der Waals surface area (Å²) in [4.78, 5) is 43.4. The molecule has 87 heavy (non-hydrogen) atoms. The van der Waals surface area contributed by atoms with Gasteiger partial charge < -0.3 is 28.4 Å². The number of carbonyl (C=O) groups excluding carboxylic acids is 3. The minimum Gasteiger partial charge on any atom is -0.491 e. The Hall–Kier alpha value is -9.33. The second-order valence-electron chi connectivity index (χ2n) is 18.7. The summed E-state index contributed by atoms with van der Waals surface area (Å²) in [6.45, 7) is -1.32. The van der Waals surface area contributed by atoms with Gasteiger partial charge in [-0.05, 0) is 91.0 Å². The van der Waals surface area contributed by atoms with Crippen molar-refractivity contribution in [3.05, 3.63) is 180 Å². The third-order valence-corrected chi connectivity index (χ3v) is 15.9. The molecule has 0 saturated carbocycles. The molecule has 0 aliphatic carbocycles. The van der Waals surface area contributed by atoms with Crippen molar-refractivity contribution in [3.8, 4) is 34.5 Å². The monoisotopic (exact) mass is 1260 g/mol. The average Bonchev–Trinajstić information content (AvgIpc) is 2.29. The lowest BCUT2D eigenvalue weighted by Crippen LogP contribution is -2.30. The van der Waals surface area contributed by atoms with Crippen molar-refractivity contribution in [2.24, 2.45) is 30.7 Å². The zero-order valence-corrected chi connectivity index (χ0v) is 49.6. The van der Waals surface area contributed by atoms with Gasteiger partial charge in [-0.25, -0.2) is 65.7 Å². The molecule has 0 spiro atoms. The minimum atomic E-state index is -3.65. The lowest BCUT2D eigenvalue weighted by Gasteiger charge is -2.17. The second kappa shape index (κ2) is 29.2. The molecular formula is C57H54F3N9O15S3. The number of carbonyl (C=O) groups is 3. The Balaban J connectivity index is 1.30. The molecule has 0 radical (unpaired) electrons. The Kier molecular flexibility index (Phi) is 21.9. The molecule has 7 aromatic carbocycles. The van der Waals surface area contributed by atoms with Crippen molar-refractivity contribution in [3.63, 3.8) is 0 Å². The molecule has 30 heteroatoms. The van der Waals surface area contributed by atoms with Crippen molar-refractivity contribution < 1.29 is 81.2 Å². The summed E-state index contributed by atoms with van der Waals surface area (Å²) in [6.07, 6.45) is 2.95. The van der Waals surface area contributed by atoms with E-state index < -0.39 is 82.7 Å². The van der Waals surface area contributed by atoms with E-state index in [0.717, 1.165) is 68.1 Å². The number of ether oxygens (including phenoxy) is 6. The second-order valence-corrected chi connectivity index (χ2v) is 25.0. The van der Waals surface area contributed by atoms with Crippen LogP contribution in [-0.2, 0) is 30.1 Å². The van der Waals surface area contributed by atoms with Crippen molar-refractivity contribution >= 4 is 82.1 Å². The molecule has 7 aromatic rings. The number of likely N-dealkylation sites (N-methyl/N-ethyl adjacent to an activating group) is 3. The van der Waals surface area contributed by atoms with Gasteiger partial charge in [0.1, 0.15) is 88.5 Å². The first kappa shape index (κ1) is 65.2. The van der Waals surface area contributed by atoms with E-state index in [4.69, 9.17) is 28.4 Å². The fourth-order valence-electron chi connectivity index (χ4n) is 7.12. The standard InChI is InChI=1S/C57H54F3N9O15S3/c1-67(85(4,73)74)22-25-79-52-19-16-43(64-61-40-13-7-10-37(58)28-40)31-49(52)55(70)82-46-34-47(83-56(71)50-32-44(65-62-41-14-8-11-38(59)29-41)17-20-53(50)80-26-23-68(2)86(5,75)76)36-48(35-46)84-57(72)51-33-45(66-63-42-15-9-12-39(60)30-42)18-21-54(51)81-27-24-69(3)87(6,77)78/h7-21,28-36H,22-27H2,1-6H3. The molecule has 24 nitrogen and oxygen atoms in total. The predicted octanol–water partition coefficient (Wildman–Crippen LogP) is 10.8. The van der Waals surface area contributed by atoms with Gasteiger partial charge in [0.15, 0.2) is 0 Å². The number of rotatable bonds is 27. The molecule has 456 valence electrons. The number of esters is 3. The molecule has 0 atom stereocenters. The summed E-state index contributed by atoms with van der Waals surface area (Å²) in [5, 5.41) is 24.5. The van der Waals surface area contributed by atoms with Crippen LogP contribution in [0.3, 0.4) is 0 Å². The van der Waals surface area contributed by atoms with Crippen molar-refractivity contribution in [2.75, 3.05) is 79.4 Å². The Morgan fingerprint density at radius 1 is 0.368 bits per heavy atom. The van der Waals surface area contributed by atoms with Crippen LogP contribution in [0.1, 0.15) is 31.1 Å². The van der Waals surface area contributed by atoms with Crippen LogP contribution in [0.5, 0.6) is 34.5 Å². The van der Waals surface area contributed by atoms with E-state index in [-0.39, 0.29) is 108 Å². The highest BCUT2D eigenvalue weighted by molar-refractivity contribution is 7.88. The van der Waals surface area contributed by atoms with Crippen molar-refractivity contribution in [2.45, 2.75) is 0 Å². The van der Waals surface area contributed by atoms with Gasteiger partial charge in [0.05, 0.1) is 52.9 Å². The molecule has 0 aliphatic rings. The first-order valence-electron chi connectivity index (χ1n) is 25.5. The number of azo groups is 3. The van der Waals surface area contributed by atoms with Crippen LogP contribution >= 0.6 is 0 Å². The van der Waals surface area contributed by atoms with Crippen LogP contribution in [-0.4, -0.2) is 135 Å². The summed E-state index contributed by atoms with van der Waals surface area (Å²) in [5.74, 6) is -7.14. The first-order valence-corrected chi connectivity index (χ1v) is 31.1. The van der Waals surface area contributed by atoms with Gasteiger partial charge in [-0.3, -0.25) is 0 Å². The maximum absolute atomic E-state index is 14.5. The third kappa shape index (κ3) is 19.9. The number of hydrogen-bond acceptors (Lipinski definition) is 21. The van der Waals surface area contributed by atoms with Gasteiger partial charge in [-0.2, -0.15) is 30.7 Å². The third-order valence-electron chi connectivity index (χ3n) is 12.0. The van der Waals surface area contributed by atoms with Gasteiger partial charge in [0.2, 0.25) is 30.1 Å². The highest BCUT2D eigenvalue weighted by Crippen LogP contribution is 2.35. The minimum absolute atomic E-state index is 0.0292. The van der Waals surface area contributed by atoms with Crippen LogP contribution in [0.4, 0.5) is 47.3 Å². The van der Waals surface area contributed by atoms with E-state index in [0.29, 0.717) is 0 Å². The molecule has 0 N–H and O–H groups in total. The topological polar surface area (TPSA) is 293 Å². The van der Waals surface area contributed by atoms with Crippen LogP contribution in [0.25, 0.3) is 0 Å². The maximum Gasteiger partial charge on any atom is 0.347 e. The van der Waals surface area contributed by atoms with Crippen LogP contribution < -0.4 is 28.4 Å². The molecule has 0 aliphatic heterocycles. The summed E-state index contributed by atoms with van der Waals surface area (Å²) >= 11 is 0. The summed E-state index contributed by atoms with van der Waals surface area (Å²) < 4.78 is 153.